The van der Waals surface area contributed by atoms with E-state index < -0.39 is 12.1 Å². The van der Waals surface area contributed by atoms with Gasteiger partial charge in [-0.15, -0.1) is 11.8 Å². The van der Waals surface area contributed by atoms with Gasteiger partial charge in [-0.2, -0.15) is 0 Å². The highest BCUT2D eigenvalue weighted by Crippen LogP contribution is 2.06. The molecule has 0 aromatic heterocycles. The SMILES string of the molecule is CSC(N)CC(O)C(=O)O. The Labute approximate surface area is 63.4 Å². The first-order chi connectivity index (χ1) is 4.57. The number of carboxylic acid groups (broad SMARTS) is 1. The van der Waals surface area contributed by atoms with Gasteiger partial charge in [-0.1, -0.05) is 0 Å². The molecule has 60 valence electrons. The Morgan fingerprint density at radius 1 is 1.80 bits per heavy atom. The van der Waals surface area contributed by atoms with E-state index in [9.17, 15) is 4.79 Å². The summed E-state index contributed by atoms with van der Waals surface area (Å²) in [6.07, 6.45) is 0.526. The van der Waals surface area contributed by atoms with Gasteiger partial charge in [-0.05, 0) is 6.26 Å². The second-order valence-corrected chi connectivity index (χ2v) is 2.94. The van der Waals surface area contributed by atoms with Crippen LogP contribution in [0.25, 0.3) is 0 Å². The van der Waals surface area contributed by atoms with E-state index in [1.165, 1.54) is 11.8 Å². The lowest BCUT2D eigenvalue weighted by molar-refractivity contribution is -0.146. The number of nitrogens with two attached hydrogens (primary N) is 1. The van der Waals surface area contributed by atoms with Gasteiger partial charge in [0.2, 0.25) is 0 Å². The Bertz CT molecular complexity index is 119. The van der Waals surface area contributed by atoms with Crippen LogP contribution in [0, 0.1) is 0 Å². The standard InChI is InChI=1S/C5H11NO3S/c1-10-4(6)2-3(7)5(8)9/h3-4,7H,2,6H2,1H3,(H,8,9). The fourth-order valence-electron chi connectivity index (χ4n) is 0.417. The molecule has 0 aliphatic rings. The third-order valence-corrected chi connectivity index (χ3v) is 1.84. The molecule has 0 amide bonds. The lowest BCUT2D eigenvalue weighted by Gasteiger charge is -2.09. The second kappa shape index (κ2) is 4.54. The van der Waals surface area contributed by atoms with Crippen LogP contribution in [-0.2, 0) is 4.79 Å². The highest BCUT2D eigenvalue weighted by Gasteiger charge is 2.15. The van der Waals surface area contributed by atoms with Crippen molar-refractivity contribution in [2.75, 3.05) is 6.26 Å². The van der Waals surface area contributed by atoms with E-state index in [1.807, 2.05) is 0 Å². The number of hydrogen-bond donors (Lipinski definition) is 3. The van der Waals surface area contributed by atoms with Crippen LogP contribution < -0.4 is 5.73 Å². The zero-order chi connectivity index (χ0) is 8.15. The molecular formula is C5H11NO3S. The van der Waals surface area contributed by atoms with Gasteiger partial charge in [0.25, 0.3) is 0 Å². The van der Waals surface area contributed by atoms with E-state index >= 15 is 0 Å². The number of aliphatic hydroxyl groups excluding tert-OH is 1. The normalized spacial score (nSPS) is 16.3. The van der Waals surface area contributed by atoms with E-state index in [-0.39, 0.29) is 11.8 Å². The number of aliphatic carboxylic acids is 1. The second-order valence-electron chi connectivity index (χ2n) is 1.86. The summed E-state index contributed by atoms with van der Waals surface area (Å²) >= 11 is 1.32. The van der Waals surface area contributed by atoms with Crippen LogP contribution in [0.1, 0.15) is 6.42 Å². The molecule has 0 radical (unpaired) electrons. The molecule has 0 rings (SSSR count). The van der Waals surface area contributed by atoms with Crippen molar-refractivity contribution < 1.29 is 15.0 Å². The summed E-state index contributed by atoms with van der Waals surface area (Å²) in [5.74, 6) is -1.22. The van der Waals surface area contributed by atoms with Crippen molar-refractivity contribution in [1.29, 1.82) is 0 Å². The molecule has 0 aromatic rings. The maximum absolute atomic E-state index is 10.0. The van der Waals surface area contributed by atoms with E-state index in [0.29, 0.717) is 0 Å². The molecule has 10 heavy (non-hydrogen) atoms. The zero-order valence-corrected chi connectivity index (χ0v) is 6.47. The average molecular weight is 165 g/mol. The highest BCUT2D eigenvalue weighted by atomic mass is 32.2. The van der Waals surface area contributed by atoms with Crippen molar-refractivity contribution >= 4 is 17.7 Å². The van der Waals surface area contributed by atoms with Crippen LogP contribution >= 0.6 is 11.8 Å². The zero-order valence-electron chi connectivity index (χ0n) is 5.65. The number of carboxylic acids is 1. The third kappa shape index (κ3) is 3.71. The molecule has 0 heterocycles. The summed E-state index contributed by atoms with van der Waals surface area (Å²) in [5.41, 5.74) is 5.35. The molecule has 4 nitrogen and oxygen atoms in total. The largest absolute Gasteiger partial charge is 0.479 e. The fraction of sp³-hybridized carbons (Fsp3) is 0.800. The molecule has 0 fully saturated rings. The Balaban J connectivity index is 3.56. The summed E-state index contributed by atoms with van der Waals surface area (Å²) in [5, 5.41) is 16.6. The molecule has 0 bridgehead atoms. The van der Waals surface area contributed by atoms with E-state index in [0.717, 1.165) is 0 Å². The van der Waals surface area contributed by atoms with Crippen molar-refractivity contribution in [2.24, 2.45) is 5.73 Å². The van der Waals surface area contributed by atoms with Gasteiger partial charge >= 0.3 is 5.97 Å². The van der Waals surface area contributed by atoms with Gasteiger partial charge < -0.3 is 15.9 Å². The molecule has 2 atom stereocenters. The molecule has 5 heteroatoms. The van der Waals surface area contributed by atoms with E-state index in [4.69, 9.17) is 15.9 Å². The number of carbonyl (C=O) groups is 1. The fourth-order valence-corrected chi connectivity index (χ4v) is 0.792. The van der Waals surface area contributed by atoms with Crippen LogP contribution in [0.2, 0.25) is 0 Å². The van der Waals surface area contributed by atoms with Gasteiger partial charge in [0.05, 0.1) is 5.37 Å². The molecule has 0 saturated carbocycles. The van der Waals surface area contributed by atoms with Crippen LogP contribution in [0.15, 0.2) is 0 Å². The molecule has 0 aliphatic carbocycles. The average Bonchev–Trinajstić information content (AvgIpc) is 1.87. The Kier molecular flexibility index (Phi) is 4.42. The lowest BCUT2D eigenvalue weighted by atomic mass is 10.2. The maximum atomic E-state index is 10.0. The van der Waals surface area contributed by atoms with Gasteiger partial charge in [0.1, 0.15) is 0 Å². The molecule has 0 spiro atoms. The molecule has 2 unspecified atom stereocenters. The molecule has 0 aliphatic heterocycles. The summed E-state index contributed by atoms with van der Waals surface area (Å²) in [6.45, 7) is 0. The van der Waals surface area contributed by atoms with Crippen molar-refractivity contribution in [3.8, 4) is 0 Å². The Morgan fingerprint density at radius 3 is 2.60 bits per heavy atom. The Hall–Kier alpha value is -0.260. The smallest absolute Gasteiger partial charge is 0.332 e. The van der Waals surface area contributed by atoms with Crippen molar-refractivity contribution in [3.63, 3.8) is 0 Å². The number of hydrogen-bond acceptors (Lipinski definition) is 4. The van der Waals surface area contributed by atoms with E-state index in [2.05, 4.69) is 0 Å². The minimum Gasteiger partial charge on any atom is -0.479 e. The minimum absolute atomic E-state index is 0.0938. The van der Waals surface area contributed by atoms with E-state index in [1.54, 1.807) is 6.26 Å². The van der Waals surface area contributed by atoms with Crippen molar-refractivity contribution in [2.45, 2.75) is 17.9 Å². The van der Waals surface area contributed by atoms with Crippen LogP contribution in [0.3, 0.4) is 0 Å². The summed E-state index contributed by atoms with van der Waals surface area (Å²) < 4.78 is 0. The Morgan fingerprint density at radius 2 is 2.30 bits per heavy atom. The van der Waals surface area contributed by atoms with Crippen LogP contribution in [-0.4, -0.2) is 33.9 Å². The van der Waals surface area contributed by atoms with Crippen molar-refractivity contribution in [1.82, 2.24) is 0 Å². The first-order valence-corrected chi connectivity index (χ1v) is 4.06. The van der Waals surface area contributed by atoms with Gasteiger partial charge in [0, 0.05) is 6.42 Å². The van der Waals surface area contributed by atoms with Gasteiger partial charge in [-0.3, -0.25) is 0 Å². The monoisotopic (exact) mass is 165 g/mol. The number of rotatable bonds is 4. The summed E-state index contributed by atoms with van der Waals surface area (Å²) in [4.78, 5) is 10.0. The van der Waals surface area contributed by atoms with Crippen LogP contribution in [0.4, 0.5) is 0 Å². The minimum atomic E-state index is -1.33. The first kappa shape index (κ1) is 9.74. The maximum Gasteiger partial charge on any atom is 0.332 e. The predicted octanol–water partition coefficient (Wildman–Crippen LogP) is -0.530. The lowest BCUT2D eigenvalue weighted by Crippen LogP contribution is -2.28. The highest BCUT2D eigenvalue weighted by molar-refractivity contribution is 7.99. The topological polar surface area (TPSA) is 83.5 Å². The quantitative estimate of drug-likeness (QED) is 0.488. The summed E-state index contributed by atoms with van der Waals surface area (Å²) in [7, 11) is 0. The predicted molar refractivity (Wildman–Crippen MR) is 39.8 cm³/mol. The van der Waals surface area contributed by atoms with Crippen LogP contribution in [0.5, 0.6) is 0 Å². The number of thioether (sulfide) groups is 1. The molecule has 0 aromatic carbocycles. The third-order valence-electron chi connectivity index (χ3n) is 1.04. The van der Waals surface area contributed by atoms with Gasteiger partial charge in [0.15, 0.2) is 6.10 Å². The molecular weight excluding hydrogens is 154 g/mol. The number of aliphatic hydroxyl groups is 1. The summed E-state index contributed by atoms with van der Waals surface area (Å²) in [6, 6.07) is 0. The molecule has 4 N–H and O–H groups in total. The first-order valence-electron chi connectivity index (χ1n) is 2.77. The van der Waals surface area contributed by atoms with Crippen molar-refractivity contribution in [3.05, 3.63) is 0 Å². The van der Waals surface area contributed by atoms with Gasteiger partial charge in [-0.25, -0.2) is 4.79 Å². The molecule has 0 saturated heterocycles.